The van der Waals surface area contributed by atoms with E-state index in [0.717, 1.165) is 37.0 Å². The summed E-state index contributed by atoms with van der Waals surface area (Å²) in [5, 5.41) is 0. The molecule has 0 radical (unpaired) electrons. The fourth-order valence-electron chi connectivity index (χ4n) is 4.86. The molecule has 2 atom stereocenters. The van der Waals surface area contributed by atoms with E-state index in [4.69, 9.17) is 5.73 Å². The summed E-state index contributed by atoms with van der Waals surface area (Å²) in [6.45, 7) is 0. The topological polar surface area (TPSA) is 48.0 Å². The molecular formula is C23H22N2O. The van der Waals surface area contributed by atoms with Crippen molar-refractivity contribution in [3.05, 3.63) is 82.7 Å². The quantitative estimate of drug-likeness (QED) is 0.874. The maximum atomic E-state index is 12.1. The van der Waals surface area contributed by atoms with E-state index < -0.39 is 0 Å². The maximum Gasteiger partial charge on any atom is 0.246 e. The highest BCUT2D eigenvalue weighted by atomic mass is 16.1. The average molecular weight is 342 g/mol. The highest BCUT2D eigenvalue weighted by Gasteiger charge is 2.36. The number of rotatable bonds is 2. The molecule has 2 aromatic rings. The largest absolute Gasteiger partial charge is 0.366 e. The Morgan fingerprint density at radius 1 is 1.04 bits per heavy atom. The molecule has 3 heteroatoms. The number of allylic oxidation sites excluding steroid dienone is 4. The summed E-state index contributed by atoms with van der Waals surface area (Å²) in [4.78, 5) is 12.1. The van der Waals surface area contributed by atoms with Crippen molar-refractivity contribution in [3.63, 3.8) is 0 Å². The van der Waals surface area contributed by atoms with Gasteiger partial charge in [0.1, 0.15) is 0 Å². The third-order valence-corrected chi connectivity index (χ3v) is 6.11. The number of amides is 1. The molecule has 0 bridgehead atoms. The molecule has 3 aliphatic carbocycles. The van der Waals surface area contributed by atoms with Crippen LogP contribution in [0.25, 0.3) is 11.8 Å². The molecule has 26 heavy (non-hydrogen) atoms. The molecule has 3 nitrogen and oxygen atoms in total. The molecule has 3 aliphatic rings. The van der Waals surface area contributed by atoms with Crippen LogP contribution < -0.4 is 5.73 Å². The molecule has 0 fully saturated rings. The van der Waals surface area contributed by atoms with Gasteiger partial charge in [-0.3, -0.25) is 4.79 Å². The van der Waals surface area contributed by atoms with Gasteiger partial charge in [-0.1, -0.05) is 36.4 Å². The minimum atomic E-state index is -0.293. The zero-order valence-electron chi connectivity index (χ0n) is 14.7. The predicted octanol–water partition coefficient (Wildman–Crippen LogP) is 4.18. The Balaban J connectivity index is 1.67. The van der Waals surface area contributed by atoms with Crippen molar-refractivity contribution >= 4 is 17.7 Å². The number of carbonyl (C=O) groups excluding carboxylic acids is 1. The summed E-state index contributed by atoms with van der Waals surface area (Å²) >= 11 is 0. The van der Waals surface area contributed by atoms with Crippen molar-refractivity contribution in [3.8, 4) is 0 Å². The summed E-state index contributed by atoms with van der Waals surface area (Å²) in [6, 6.07) is 12.7. The van der Waals surface area contributed by atoms with Gasteiger partial charge in [-0.05, 0) is 71.9 Å². The maximum absolute atomic E-state index is 12.1. The number of hydrogen-bond donors (Lipinski definition) is 1. The number of hydrogen-bond acceptors (Lipinski definition) is 1. The molecule has 5 rings (SSSR count). The van der Waals surface area contributed by atoms with Crippen molar-refractivity contribution in [2.24, 2.45) is 17.6 Å². The lowest BCUT2D eigenvalue weighted by molar-refractivity contribution is -0.114. The molecule has 0 spiro atoms. The normalized spacial score (nSPS) is 24.2. The molecule has 2 unspecified atom stereocenters. The van der Waals surface area contributed by atoms with Gasteiger partial charge in [0, 0.05) is 18.0 Å². The first-order valence-corrected chi connectivity index (χ1v) is 9.38. The molecule has 0 aliphatic heterocycles. The van der Waals surface area contributed by atoms with Crippen LogP contribution in [0.15, 0.2) is 71.6 Å². The Hall–Kier alpha value is -2.81. The van der Waals surface area contributed by atoms with Gasteiger partial charge < -0.3 is 10.3 Å². The summed E-state index contributed by atoms with van der Waals surface area (Å²) in [5.41, 5.74) is 13.0. The first-order valence-electron chi connectivity index (χ1n) is 9.38. The lowest BCUT2D eigenvalue weighted by atomic mass is 9.68. The fraction of sp³-hybridized carbons (Fsp3) is 0.261. The van der Waals surface area contributed by atoms with Crippen LogP contribution in [0.3, 0.4) is 0 Å². The van der Waals surface area contributed by atoms with Crippen LogP contribution in [0, 0.1) is 11.8 Å². The van der Waals surface area contributed by atoms with Gasteiger partial charge in [0.15, 0.2) is 0 Å². The SMILES string of the molecule is NC(=O)C1=C(n2cccc2)C2=CC3=Cc4ccccc4CC3CC2CC1. The third kappa shape index (κ3) is 2.38. The summed E-state index contributed by atoms with van der Waals surface area (Å²) in [5.74, 6) is 0.792. The van der Waals surface area contributed by atoms with E-state index in [1.807, 2.05) is 24.5 Å². The highest BCUT2D eigenvalue weighted by molar-refractivity contribution is 6.01. The minimum absolute atomic E-state index is 0.293. The van der Waals surface area contributed by atoms with Gasteiger partial charge >= 0.3 is 0 Å². The van der Waals surface area contributed by atoms with E-state index in [2.05, 4.69) is 41.0 Å². The predicted molar refractivity (Wildman–Crippen MR) is 104 cm³/mol. The first-order chi connectivity index (χ1) is 12.7. The fourth-order valence-corrected chi connectivity index (χ4v) is 4.86. The number of nitrogens with two attached hydrogens (primary N) is 1. The van der Waals surface area contributed by atoms with Crippen molar-refractivity contribution in [2.45, 2.75) is 25.7 Å². The lowest BCUT2D eigenvalue weighted by Crippen LogP contribution is -2.29. The van der Waals surface area contributed by atoms with Crippen LogP contribution in [0.1, 0.15) is 30.4 Å². The van der Waals surface area contributed by atoms with Crippen LogP contribution >= 0.6 is 0 Å². The van der Waals surface area contributed by atoms with Gasteiger partial charge in [0.05, 0.1) is 5.70 Å². The van der Waals surface area contributed by atoms with Crippen LogP contribution in [-0.2, 0) is 11.2 Å². The van der Waals surface area contributed by atoms with Crippen LogP contribution in [0.2, 0.25) is 0 Å². The number of primary amides is 1. The van der Waals surface area contributed by atoms with E-state index in [1.54, 1.807) is 0 Å². The Kier molecular flexibility index (Phi) is 3.49. The molecule has 0 saturated heterocycles. The Labute approximate surface area is 153 Å². The smallest absolute Gasteiger partial charge is 0.246 e. The molecule has 2 N–H and O–H groups in total. The zero-order chi connectivity index (χ0) is 17.7. The highest BCUT2D eigenvalue weighted by Crippen LogP contribution is 2.47. The van der Waals surface area contributed by atoms with Crippen LogP contribution in [0.5, 0.6) is 0 Å². The molecule has 1 aromatic carbocycles. The first kappa shape index (κ1) is 15.4. The zero-order valence-corrected chi connectivity index (χ0v) is 14.7. The number of carbonyl (C=O) groups is 1. The average Bonchev–Trinajstić information content (AvgIpc) is 3.18. The van der Waals surface area contributed by atoms with E-state index in [0.29, 0.717) is 11.8 Å². The number of benzene rings is 1. The Bertz CT molecular complexity index is 975. The summed E-state index contributed by atoms with van der Waals surface area (Å²) in [6.07, 6.45) is 12.8. The van der Waals surface area contributed by atoms with Crippen LogP contribution in [0.4, 0.5) is 0 Å². The second-order valence-electron chi connectivity index (χ2n) is 7.60. The third-order valence-electron chi connectivity index (χ3n) is 6.11. The van der Waals surface area contributed by atoms with Gasteiger partial charge in [-0.2, -0.15) is 0 Å². The minimum Gasteiger partial charge on any atom is -0.366 e. The van der Waals surface area contributed by atoms with Gasteiger partial charge in [-0.25, -0.2) is 0 Å². The Morgan fingerprint density at radius 3 is 2.65 bits per heavy atom. The van der Waals surface area contributed by atoms with Crippen LogP contribution in [-0.4, -0.2) is 10.5 Å². The molecular weight excluding hydrogens is 320 g/mol. The summed E-state index contributed by atoms with van der Waals surface area (Å²) in [7, 11) is 0. The standard InChI is InChI=1S/C23H22N2O/c24-23(26)20-8-7-17-13-18-11-15-5-1-2-6-16(15)12-19(18)14-21(17)22(20)25-9-3-4-10-25/h1-6,9-10,12,14,17-18H,7-8,11,13H2,(H2,24,26). The van der Waals surface area contributed by atoms with Gasteiger partial charge in [0.25, 0.3) is 0 Å². The molecule has 1 heterocycles. The molecule has 1 aromatic heterocycles. The van der Waals surface area contributed by atoms with Crippen molar-refractivity contribution < 1.29 is 4.79 Å². The molecule has 0 saturated carbocycles. The molecule has 130 valence electrons. The van der Waals surface area contributed by atoms with Gasteiger partial charge in [-0.15, -0.1) is 0 Å². The lowest BCUT2D eigenvalue weighted by Gasteiger charge is -2.38. The second kappa shape index (κ2) is 5.87. The van der Waals surface area contributed by atoms with Crippen molar-refractivity contribution in [2.75, 3.05) is 0 Å². The number of aromatic nitrogens is 1. The molecule has 1 amide bonds. The number of fused-ring (bicyclic) bond motifs is 3. The monoisotopic (exact) mass is 342 g/mol. The van der Waals surface area contributed by atoms with E-state index in [9.17, 15) is 4.79 Å². The second-order valence-corrected chi connectivity index (χ2v) is 7.60. The van der Waals surface area contributed by atoms with Gasteiger partial charge in [0.2, 0.25) is 5.91 Å². The Morgan fingerprint density at radius 2 is 1.85 bits per heavy atom. The van der Waals surface area contributed by atoms with E-state index in [1.165, 1.54) is 22.3 Å². The summed E-state index contributed by atoms with van der Waals surface area (Å²) < 4.78 is 2.07. The van der Waals surface area contributed by atoms with E-state index >= 15 is 0 Å². The van der Waals surface area contributed by atoms with Crippen molar-refractivity contribution in [1.82, 2.24) is 4.57 Å². The van der Waals surface area contributed by atoms with E-state index in [-0.39, 0.29) is 5.91 Å². The van der Waals surface area contributed by atoms with Crippen molar-refractivity contribution in [1.29, 1.82) is 0 Å². The number of nitrogens with zero attached hydrogens (tertiary/aromatic N) is 1.